The van der Waals surface area contributed by atoms with Gasteiger partial charge in [0.2, 0.25) is 5.89 Å². The zero-order valence-electron chi connectivity index (χ0n) is 18.0. The Morgan fingerprint density at radius 1 is 1.12 bits per heavy atom. The molecule has 3 aromatic rings. The second-order valence-corrected chi connectivity index (χ2v) is 8.37. The van der Waals surface area contributed by atoms with E-state index in [1.54, 1.807) is 0 Å². The predicted molar refractivity (Wildman–Crippen MR) is 118 cm³/mol. The standard InChI is InChI=1S/C22H28N6O4/c29-10-9-28-15-23-19-13-17(1-2-18(19)22(28)30)27-7-5-26(6-8-27)14-20-24-21(32-25-20)16-3-11-31-12-4-16/h1-2,13,15-16,29H,3-12,14H2. The summed E-state index contributed by atoms with van der Waals surface area (Å²) in [5.74, 6) is 1.80. The number of fused-ring (bicyclic) bond motifs is 1. The van der Waals surface area contributed by atoms with Gasteiger partial charge in [0, 0.05) is 51.0 Å². The Morgan fingerprint density at radius 2 is 1.94 bits per heavy atom. The molecule has 0 amide bonds. The average Bonchev–Trinajstić information content (AvgIpc) is 3.30. The van der Waals surface area contributed by atoms with Crippen LogP contribution in [0, 0.1) is 0 Å². The van der Waals surface area contributed by atoms with Crippen molar-refractivity contribution >= 4 is 16.6 Å². The summed E-state index contributed by atoms with van der Waals surface area (Å²) in [5.41, 5.74) is 1.61. The van der Waals surface area contributed by atoms with Gasteiger partial charge in [-0.05, 0) is 31.0 Å². The Hall–Kier alpha value is -2.82. The molecule has 0 atom stereocenters. The Labute approximate surface area is 185 Å². The van der Waals surface area contributed by atoms with Gasteiger partial charge in [-0.3, -0.25) is 14.3 Å². The highest BCUT2D eigenvalue weighted by Gasteiger charge is 2.24. The lowest BCUT2D eigenvalue weighted by Gasteiger charge is -2.35. The SMILES string of the molecule is O=c1c2ccc(N3CCN(Cc4noc(C5CCOCC5)n4)CC3)cc2ncn1CCO. The molecule has 0 radical (unpaired) electrons. The minimum atomic E-state index is -0.124. The zero-order valence-corrected chi connectivity index (χ0v) is 18.0. The maximum atomic E-state index is 12.5. The number of hydrogen-bond donors (Lipinski definition) is 1. The lowest BCUT2D eigenvalue weighted by molar-refractivity contribution is 0.0778. The fraction of sp³-hybridized carbons (Fsp3) is 0.545. The molecular weight excluding hydrogens is 412 g/mol. The van der Waals surface area contributed by atoms with E-state index in [2.05, 4.69) is 24.9 Å². The molecule has 4 heterocycles. The van der Waals surface area contributed by atoms with Gasteiger partial charge in [0.05, 0.1) is 36.9 Å². The average molecular weight is 441 g/mol. The highest BCUT2D eigenvalue weighted by atomic mass is 16.5. The second kappa shape index (κ2) is 9.35. The van der Waals surface area contributed by atoms with Gasteiger partial charge >= 0.3 is 0 Å². The van der Waals surface area contributed by atoms with Crippen LogP contribution in [0.15, 0.2) is 33.8 Å². The van der Waals surface area contributed by atoms with E-state index in [1.165, 1.54) is 10.9 Å². The molecular formula is C22H28N6O4. The first-order valence-corrected chi connectivity index (χ1v) is 11.2. The van der Waals surface area contributed by atoms with Gasteiger partial charge in [-0.1, -0.05) is 5.16 Å². The maximum Gasteiger partial charge on any atom is 0.261 e. The number of piperazine rings is 1. The number of hydrogen-bond acceptors (Lipinski definition) is 9. The number of rotatable bonds is 6. The van der Waals surface area contributed by atoms with Gasteiger partial charge in [0.25, 0.3) is 5.56 Å². The van der Waals surface area contributed by atoms with E-state index in [4.69, 9.17) is 14.4 Å². The van der Waals surface area contributed by atoms with E-state index in [1.807, 2.05) is 18.2 Å². The summed E-state index contributed by atoms with van der Waals surface area (Å²) in [4.78, 5) is 26.2. The summed E-state index contributed by atoms with van der Waals surface area (Å²) in [5, 5.41) is 13.8. The monoisotopic (exact) mass is 440 g/mol. The van der Waals surface area contributed by atoms with E-state index >= 15 is 0 Å². The van der Waals surface area contributed by atoms with Crippen molar-refractivity contribution in [2.75, 3.05) is 50.9 Å². The van der Waals surface area contributed by atoms with Crippen LogP contribution in [-0.4, -0.2) is 75.7 Å². The van der Waals surface area contributed by atoms with Crippen LogP contribution in [0.1, 0.15) is 30.5 Å². The van der Waals surface area contributed by atoms with Gasteiger partial charge in [0.15, 0.2) is 5.82 Å². The largest absolute Gasteiger partial charge is 0.395 e. The first kappa shape index (κ1) is 21.0. The topological polar surface area (TPSA) is 110 Å². The molecule has 10 nitrogen and oxygen atoms in total. The summed E-state index contributed by atoms with van der Waals surface area (Å²) in [7, 11) is 0. The van der Waals surface area contributed by atoms with Crippen molar-refractivity contribution in [1.82, 2.24) is 24.6 Å². The van der Waals surface area contributed by atoms with Gasteiger partial charge in [-0.2, -0.15) is 4.98 Å². The second-order valence-electron chi connectivity index (χ2n) is 8.37. The van der Waals surface area contributed by atoms with Gasteiger partial charge in [-0.25, -0.2) is 4.98 Å². The maximum absolute atomic E-state index is 12.5. The highest BCUT2D eigenvalue weighted by molar-refractivity contribution is 5.81. The first-order valence-electron chi connectivity index (χ1n) is 11.2. The van der Waals surface area contributed by atoms with Crippen molar-refractivity contribution in [3.05, 3.63) is 46.6 Å². The number of ether oxygens (including phenoxy) is 1. The summed E-state index contributed by atoms with van der Waals surface area (Å²) < 4.78 is 12.4. The predicted octanol–water partition coefficient (Wildman–Crippen LogP) is 0.988. The minimum Gasteiger partial charge on any atom is -0.395 e. The van der Waals surface area contributed by atoms with Crippen molar-refractivity contribution in [1.29, 1.82) is 0 Å². The zero-order chi connectivity index (χ0) is 21.9. The summed E-state index contributed by atoms with van der Waals surface area (Å²) in [6.45, 7) is 5.90. The summed E-state index contributed by atoms with van der Waals surface area (Å²) in [6, 6.07) is 5.77. The summed E-state index contributed by atoms with van der Waals surface area (Å²) >= 11 is 0. The van der Waals surface area contributed by atoms with E-state index in [9.17, 15) is 4.79 Å². The molecule has 0 spiro atoms. The van der Waals surface area contributed by atoms with Crippen molar-refractivity contribution in [3.8, 4) is 0 Å². The molecule has 0 aliphatic carbocycles. The Kier molecular flexibility index (Phi) is 6.15. The molecule has 2 aromatic heterocycles. The quantitative estimate of drug-likeness (QED) is 0.600. The molecule has 1 N–H and O–H groups in total. The Balaban J connectivity index is 1.20. The minimum absolute atomic E-state index is 0.0871. The van der Waals surface area contributed by atoms with Crippen LogP contribution in [-0.2, 0) is 17.8 Å². The van der Waals surface area contributed by atoms with E-state index in [-0.39, 0.29) is 18.7 Å². The first-order chi connectivity index (χ1) is 15.7. The summed E-state index contributed by atoms with van der Waals surface area (Å²) in [6.07, 6.45) is 3.38. The third-order valence-corrected chi connectivity index (χ3v) is 6.31. The molecule has 0 saturated carbocycles. The number of nitrogens with zero attached hydrogens (tertiary/aromatic N) is 6. The van der Waals surface area contributed by atoms with Gasteiger partial charge in [0.1, 0.15) is 0 Å². The Bertz CT molecular complexity index is 1120. The van der Waals surface area contributed by atoms with Crippen LogP contribution in [0.25, 0.3) is 10.9 Å². The molecule has 10 heteroatoms. The fourth-order valence-electron chi connectivity index (χ4n) is 4.42. The molecule has 2 fully saturated rings. The molecule has 32 heavy (non-hydrogen) atoms. The molecule has 0 bridgehead atoms. The molecule has 2 aliphatic heterocycles. The molecule has 170 valence electrons. The molecule has 2 saturated heterocycles. The third kappa shape index (κ3) is 4.38. The van der Waals surface area contributed by atoms with Gasteiger partial charge < -0.3 is 19.3 Å². The van der Waals surface area contributed by atoms with Crippen molar-refractivity contribution < 1.29 is 14.4 Å². The number of aliphatic hydroxyl groups excluding tert-OH is 1. The molecule has 0 unspecified atom stereocenters. The van der Waals surface area contributed by atoms with Crippen LogP contribution in [0.4, 0.5) is 5.69 Å². The molecule has 5 rings (SSSR count). The lowest BCUT2D eigenvalue weighted by Crippen LogP contribution is -2.46. The Morgan fingerprint density at radius 3 is 2.72 bits per heavy atom. The normalized spacial score (nSPS) is 18.5. The molecule has 2 aliphatic rings. The van der Waals surface area contributed by atoms with E-state index in [0.717, 1.165) is 69.6 Å². The van der Waals surface area contributed by atoms with Crippen LogP contribution in [0.5, 0.6) is 0 Å². The number of anilines is 1. The van der Waals surface area contributed by atoms with Crippen molar-refractivity contribution in [3.63, 3.8) is 0 Å². The van der Waals surface area contributed by atoms with E-state index < -0.39 is 0 Å². The van der Waals surface area contributed by atoms with Crippen LogP contribution in [0.2, 0.25) is 0 Å². The van der Waals surface area contributed by atoms with Crippen molar-refractivity contribution in [2.24, 2.45) is 0 Å². The lowest BCUT2D eigenvalue weighted by atomic mass is 10.0. The fourth-order valence-corrected chi connectivity index (χ4v) is 4.42. The smallest absolute Gasteiger partial charge is 0.261 e. The van der Waals surface area contributed by atoms with Crippen LogP contribution in [0.3, 0.4) is 0 Å². The molecule has 1 aromatic carbocycles. The van der Waals surface area contributed by atoms with E-state index in [0.29, 0.717) is 23.4 Å². The van der Waals surface area contributed by atoms with Gasteiger partial charge in [-0.15, -0.1) is 0 Å². The number of aliphatic hydroxyl groups is 1. The van der Waals surface area contributed by atoms with Crippen LogP contribution >= 0.6 is 0 Å². The third-order valence-electron chi connectivity index (χ3n) is 6.31. The number of benzene rings is 1. The van der Waals surface area contributed by atoms with Crippen LogP contribution < -0.4 is 10.5 Å². The highest BCUT2D eigenvalue weighted by Crippen LogP contribution is 2.26. The van der Waals surface area contributed by atoms with Crippen molar-refractivity contribution in [2.45, 2.75) is 31.8 Å². The number of aromatic nitrogens is 4.